The van der Waals surface area contributed by atoms with Crippen LogP contribution in [0, 0.1) is 0 Å². The number of hydrogen-bond donors (Lipinski definition) is 1. The Bertz CT molecular complexity index is 1560. The monoisotopic (exact) mass is 439 g/mol. The average Bonchev–Trinajstić information content (AvgIpc) is 3.44. The number of aromatic nitrogens is 4. The molecule has 2 aromatic carbocycles. The quantitative estimate of drug-likeness (QED) is 0.457. The number of hydrogen-bond acceptors (Lipinski definition) is 5. The molecule has 0 fully saturated rings. The van der Waals surface area contributed by atoms with Gasteiger partial charge >= 0.3 is 0 Å². The number of benzene rings is 2. The number of carbonyl (C=O) groups is 1. The van der Waals surface area contributed by atoms with E-state index in [9.17, 15) is 9.59 Å². The molecule has 5 aromatic rings. The lowest BCUT2D eigenvalue weighted by Crippen LogP contribution is -2.27. The predicted molar refractivity (Wildman–Crippen MR) is 125 cm³/mol. The van der Waals surface area contributed by atoms with Crippen molar-refractivity contribution in [2.45, 2.75) is 32.4 Å². The highest BCUT2D eigenvalue weighted by Gasteiger charge is 2.16. The normalized spacial score (nSPS) is 13.3. The van der Waals surface area contributed by atoms with Gasteiger partial charge in [0.2, 0.25) is 11.5 Å². The fourth-order valence-electron chi connectivity index (χ4n) is 4.45. The van der Waals surface area contributed by atoms with E-state index in [-0.39, 0.29) is 23.6 Å². The molecule has 0 spiro atoms. The van der Waals surface area contributed by atoms with Gasteiger partial charge in [0.05, 0.1) is 6.33 Å². The smallest absolute Gasteiger partial charge is 0.297 e. The van der Waals surface area contributed by atoms with Gasteiger partial charge in [0.1, 0.15) is 23.5 Å². The summed E-state index contributed by atoms with van der Waals surface area (Å²) >= 11 is 0. The van der Waals surface area contributed by atoms with Gasteiger partial charge in [-0.2, -0.15) is 0 Å². The minimum Gasteiger partial charge on any atom is -0.448 e. The topological polar surface area (TPSA) is 94.9 Å². The van der Waals surface area contributed by atoms with Gasteiger partial charge in [-0.05, 0) is 55.7 Å². The number of amides is 1. The van der Waals surface area contributed by atoms with E-state index in [0.717, 1.165) is 29.7 Å². The van der Waals surface area contributed by atoms with E-state index in [2.05, 4.69) is 19.9 Å². The summed E-state index contributed by atoms with van der Waals surface area (Å²) in [6, 6.07) is 14.9. The summed E-state index contributed by atoms with van der Waals surface area (Å²) in [5.41, 5.74) is 3.80. The molecule has 0 saturated carbocycles. The SMILES string of the molecule is O=C(Cn1cnc2c(oc3ccccc32)c1=O)Nc1ccc(-c2ncc3n2CCCC3)cc1. The molecule has 1 amide bonds. The third-order valence-electron chi connectivity index (χ3n) is 6.09. The first kappa shape index (κ1) is 19.5. The van der Waals surface area contributed by atoms with Crippen molar-refractivity contribution >= 4 is 33.7 Å². The van der Waals surface area contributed by atoms with Crippen LogP contribution in [-0.4, -0.2) is 25.0 Å². The Labute approximate surface area is 188 Å². The Morgan fingerprint density at radius 1 is 1.06 bits per heavy atom. The molecule has 4 heterocycles. The van der Waals surface area contributed by atoms with Crippen LogP contribution in [0.25, 0.3) is 33.5 Å². The van der Waals surface area contributed by atoms with Crippen molar-refractivity contribution in [3.8, 4) is 11.4 Å². The van der Waals surface area contributed by atoms with E-state index in [1.54, 1.807) is 6.07 Å². The largest absolute Gasteiger partial charge is 0.448 e. The second-order valence-electron chi connectivity index (χ2n) is 8.26. The van der Waals surface area contributed by atoms with Crippen LogP contribution in [0.4, 0.5) is 5.69 Å². The van der Waals surface area contributed by atoms with Crippen LogP contribution in [0.15, 0.2) is 70.3 Å². The molecular weight excluding hydrogens is 418 g/mol. The molecule has 1 aliphatic rings. The first-order valence-corrected chi connectivity index (χ1v) is 11.0. The number of nitrogens with one attached hydrogen (secondary N) is 1. The molecule has 0 unspecified atom stereocenters. The van der Waals surface area contributed by atoms with Crippen LogP contribution in [-0.2, 0) is 24.3 Å². The molecule has 164 valence electrons. The minimum absolute atomic E-state index is 0.152. The molecule has 8 nitrogen and oxygen atoms in total. The highest BCUT2D eigenvalue weighted by molar-refractivity contribution is 6.01. The summed E-state index contributed by atoms with van der Waals surface area (Å²) in [6.07, 6.45) is 6.78. The Morgan fingerprint density at radius 3 is 2.79 bits per heavy atom. The number of aryl methyl sites for hydroxylation is 1. The van der Waals surface area contributed by atoms with E-state index >= 15 is 0 Å². The highest BCUT2D eigenvalue weighted by atomic mass is 16.3. The molecule has 8 heteroatoms. The van der Waals surface area contributed by atoms with Gasteiger partial charge in [0.25, 0.3) is 5.56 Å². The van der Waals surface area contributed by atoms with Crippen LogP contribution in [0.2, 0.25) is 0 Å². The van der Waals surface area contributed by atoms with Crippen LogP contribution >= 0.6 is 0 Å². The number of rotatable bonds is 4. The molecule has 1 N–H and O–H groups in total. The maximum absolute atomic E-state index is 12.8. The second-order valence-corrected chi connectivity index (χ2v) is 8.26. The van der Waals surface area contributed by atoms with Crippen LogP contribution in [0.5, 0.6) is 0 Å². The van der Waals surface area contributed by atoms with Gasteiger partial charge in [0, 0.05) is 35.1 Å². The van der Waals surface area contributed by atoms with Crippen LogP contribution in [0.3, 0.4) is 0 Å². The lowest BCUT2D eigenvalue weighted by Gasteiger charge is -2.16. The van der Waals surface area contributed by atoms with Gasteiger partial charge in [-0.1, -0.05) is 12.1 Å². The molecule has 0 bridgehead atoms. The lowest BCUT2D eigenvalue weighted by atomic mass is 10.1. The number of para-hydroxylation sites is 1. The van der Waals surface area contributed by atoms with E-state index in [4.69, 9.17) is 4.42 Å². The minimum atomic E-state index is -0.384. The second kappa shape index (κ2) is 7.74. The van der Waals surface area contributed by atoms with Crippen molar-refractivity contribution in [2.24, 2.45) is 0 Å². The molecule has 0 radical (unpaired) electrons. The van der Waals surface area contributed by atoms with Gasteiger partial charge in [-0.15, -0.1) is 0 Å². The van der Waals surface area contributed by atoms with Gasteiger partial charge in [0.15, 0.2) is 0 Å². The van der Waals surface area contributed by atoms with E-state index < -0.39 is 0 Å². The van der Waals surface area contributed by atoms with Crippen molar-refractivity contribution in [3.05, 3.63) is 77.1 Å². The molecule has 6 rings (SSSR count). The highest BCUT2D eigenvalue weighted by Crippen LogP contribution is 2.26. The van der Waals surface area contributed by atoms with Crippen molar-refractivity contribution in [1.82, 2.24) is 19.1 Å². The van der Waals surface area contributed by atoms with Crippen molar-refractivity contribution in [3.63, 3.8) is 0 Å². The third kappa shape index (κ3) is 3.40. The molecule has 0 aliphatic carbocycles. The van der Waals surface area contributed by atoms with Crippen molar-refractivity contribution in [2.75, 3.05) is 5.32 Å². The fraction of sp³-hybridized carbons (Fsp3) is 0.200. The Kier molecular flexibility index (Phi) is 4.57. The summed E-state index contributed by atoms with van der Waals surface area (Å²) in [7, 11) is 0. The van der Waals surface area contributed by atoms with Crippen molar-refractivity contribution < 1.29 is 9.21 Å². The maximum atomic E-state index is 12.8. The number of fused-ring (bicyclic) bond motifs is 4. The molecular formula is C25H21N5O3. The molecule has 0 saturated heterocycles. The number of carbonyl (C=O) groups excluding carboxylic acids is 1. The summed E-state index contributed by atoms with van der Waals surface area (Å²) in [5.74, 6) is 0.639. The first-order valence-electron chi connectivity index (χ1n) is 11.0. The molecule has 3 aromatic heterocycles. The molecule has 0 atom stereocenters. The molecule has 33 heavy (non-hydrogen) atoms. The fourth-order valence-corrected chi connectivity index (χ4v) is 4.45. The number of furan rings is 1. The van der Waals surface area contributed by atoms with Gasteiger partial charge in [-0.3, -0.25) is 14.2 Å². The summed E-state index contributed by atoms with van der Waals surface area (Å²) in [6.45, 7) is 0.829. The Morgan fingerprint density at radius 2 is 1.91 bits per heavy atom. The third-order valence-corrected chi connectivity index (χ3v) is 6.09. The summed E-state index contributed by atoms with van der Waals surface area (Å²) in [5, 5.41) is 3.62. The number of imidazole rings is 1. The average molecular weight is 439 g/mol. The van der Waals surface area contributed by atoms with E-state index in [0.29, 0.717) is 16.8 Å². The van der Waals surface area contributed by atoms with Crippen molar-refractivity contribution in [1.29, 1.82) is 0 Å². The predicted octanol–water partition coefficient (Wildman–Crippen LogP) is 3.98. The standard InChI is InChI=1S/C25H21N5O3/c31-21(14-29-15-27-22-19-6-1-2-7-20(19)33-23(22)25(29)32)28-17-10-8-16(9-11-17)24-26-13-18-5-3-4-12-30(18)24/h1-2,6-11,13,15H,3-5,12,14H2,(H,28,31). The number of nitrogens with zero attached hydrogens (tertiary/aromatic N) is 4. The zero-order valence-electron chi connectivity index (χ0n) is 17.8. The van der Waals surface area contributed by atoms with Gasteiger partial charge in [-0.25, -0.2) is 9.97 Å². The van der Waals surface area contributed by atoms with Gasteiger partial charge < -0.3 is 14.3 Å². The Balaban J connectivity index is 1.20. The van der Waals surface area contributed by atoms with Crippen LogP contribution < -0.4 is 10.9 Å². The first-order chi connectivity index (χ1) is 16.2. The molecule has 1 aliphatic heterocycles. The lowest BCUT2D eigenvalue weighted by molar-refractivity contribution is -0.116. The van der Waals surface area contributed by atoms with Crippen LogP contribution in [0.1, 0.15) is 18.5 Å². The summed E-state index contributed by atoms with van der Waals surface area (Å²) < 4.78 is 9.20. The van der Waals surface area contributed by atoms with E-state index in [1.807, 2.05) is 48.7 Å². The van der Waals surface area contributed by atoms with E-state index in [1.165, 1.54) is 29.4 Å². The number of anilines is 1. The Hall–Kier alpha value is -4.20. The zero-order chi connectivity index (χ0) is 22.4. The maximum Gasteiger partial charge on any atom is 0.297 e. The summed E-state index contributed by atoms with van der Waals surface area (Å²) in [4.78, 5) is 34.4. The zero-order valence-corrected chi connectivity index (χ0v) is 17.8.